The van der Waals surface area contributed by atoms with Gasteiger partial charge in [-0.25, -0.2) is 0 Å². The van der Waals surface area contributed by atoms with Gasteiger partial charge in [-0.15, -0.1) is 0 Å². The lowest BCUT2D eigenvalue weighted by Crippen LogP contribution is -2.51. The van der Waals surface area contributed by atoms with Gasteiger partial charge in [-0.1, -0.05) is 35.9 Å². The molecule has 27 heavy (non-hydrogen) atoms. The number of primary amides is 1. The van der Waals surface area contributed by atoms with Crippen LogP contribution < -0.4 is 5.73 Å². The quantitative estimate of drug-likeness (QED) is 0.873. The molecule has 1 heterocycles. The van der Waals surface area contributed by atoms with Crippen LogP contribution in [0, 0.1) is 0 Å². The molecular weight excluding hydrogens is 366 g/mol. The normalized spacial score (nSPS) is 14.1. The number of piperazine rings is 1. The monoisotopic (exact) mass is 385 g/mol. The van der Waals surface area contributed by atoms with Crippen LogP contribution >= 0.6 is 11.6 Å². The Hall–Kier alpha value is -2.86. The van der Waals surface area contributed by atoms with E-state index in [-0.39, 0.29) is 18.2 Å². The van der Waals surface area contributed by atoms with E-state index < -0.39 is 5.91 Å². The van der Waals surface area contributed by atoms with Crippen LogP contribution in [0.3, 0.4) is 0 Å². The van der Waals surface area contributed by atoms with Gasteiger partial charge >= 0.3 is 0 Å². The number of rotatable bonds is 4. The summed E-state index contributed by atoms with van der Waals surface area (Å²) in [5.74, 6) is -0.748. The molecule has 3 amide bonds. The molecule has 2 aromatic carbocycles. The number of carbonyl (C=O) groups is 3. The Bertz CT molecular complexity index is 876. The number of nitrogens with zero attached hydrogens (tertiary/aromatic N) is 2. The average Bonchev–Trinajstić information content (AvgIpc) is 2.69. The van der Waals surface area contributed by atoms with Gasteiger partial charge in [-0.3, -0.25) is 14.4 Å². The maximum atomic E-state index is 12.6. The first kappa shape index (κ1) is 18.9. The van der Waals surface area contributed by atoms with Gasteiger partial charge in [0.15, 0.2) is 0 Å². The summed E-state index contributed by atoms with van der Waals surface area (Å²) < 4.78 is 0. The molecule has 0 aromatic heterocycles. The summed E-state index contributed by atoms with van der Waals surface area (Å²) >= 11 is 6.12. The molecule has 1 fully saturated rings. The number of nitrogens with two attached hydrogens (primary N) is 1. The molecule has 2 aromatic rings. The van der Waals surface area contributed by atoms with E-state index in [0.29, 0.717) is 42.3 Å². The summed E-state index contributed by atoms with van der Waals surface area (Å²) in [5.41, 5.74) is 6.79. The minimum absolute atomic E-state index is 0.00840. The van der Waals surface area contributed by atoms with Gasteiger partial charge in [0.1, 0.15) is 0 Å². The van der Waals surface area contributed by atoms with Gasteiger partial charge in [0.25, 0.3) is 5.91 Å². The van der Waals surface area contributed by atoms with Gasteiger partial charge in [0.05, 0.1) is 6.42 Å². The second-order valence-corrected chi connectivity index (χ2v) is 6.79. The lowest BCUT2D eigenvalue weighted by atomic mass is 10.1. The lowest BCUT2D eigenvalue weighted by molar-refractivity contribution is -0.131. The maximum Gasteiger partial charge on any atom is 0.253 e. The molecule has 0 bridgehead atoms. The van der Waals surface area contributed by atoms with Crippen molar-refractivity contribution < 1.29 is 14.4 Å². The van der Waals surface area contributed by atoms with Crippen molar-refractivity contribution in [2.75, 3.05) is 26.2 Å². The molecule has 1 saturated heterocycles. The van der Waals surface area contributed by atoms with E-state index in [4.69, 9.17) is 17.3 Å². The minimum Gasteiger partial charge on any atom is -0.366 e. The number of benzene rings is 2. The smallest absolute Gasteiger partial charge is 0.253 e. The molecule has 0 saturated carbocycles. The van der Waals surface area contributed by atoms with Gasteiger partial charge in [-0.2, -0.15) is 0 Å². The first-order valence-corrected chi connectivity index (χ1v) is 9.04. The largest absolute Gasteiger partial charge is 0.366 e. The molecule has 140 valence electrons. The number of halogens is 1. The Kier molecular flexibility index (Phi) is 5.76. The second-order valence-electron chi connectivity index (χ2n) is 6.39. The fourth-order valence-electron chi connectivity index (χ4n) is 3.06. The summed E-state index contributed by atoms with van der Waals surface area (Å²) in [6.45, 7) is 1.80. The predicted molar refractivity (Wildman–Crippen MR) is 103 cm³/mol. The number of amides is 3. The molecule has 1 aliphatic heterocycles. The first-order chi connectivity index (χ1) is 13.0. The third-order valence-corrected chi connectivity index (χ3v) is 4.98. The molecule has 7 heteroatoms. The van der Waals surface area contributed by atoms with Gasteiger partial charge < -0.3 is 15.5 Å². The van der Waals surface area contributed by atoms with E-state index in [1.807, 2.05) is 18.2 Å². The highest BCUT2D eigenvalue weighted by Crippen LogP contribution is 2.17. The lowest BCUT2D eigenvalue weighted by Gasteiger charge is -2.35. The Labute approximate surface area is 162 Å². The van der Waals surface area contributed by atoms with Crippen LogP contribution in [0.15, 0.2) is 48.5 Å². The van der Waals surface area contributed by atoms with Gasteiger partial charge in [-0.05, 0) is 29.8 Å². The zero-order valence-corrected chi connectivity index (χ0v) is 15.5. The molecule has 1 aliphatic rings. The highest BCUT2D eigenvalue weighted by atomic mass is 35.5. The van der Waals surface area contributed by atoms with Crippen molar-refractivity contribution >= 4 is 29.3 Å². The third kappa shape index (κ3) is 4.46. The Balaban J connectivity index is 1.59. The van der Waals surface area contributed by atoms with Crippen LogP contribution in [0.4, 0.5) is 0 Å². The molecule has 0 aliphatic carbocycles. The van der Waals surface area contributed by atoms with Crippen molar-refractivity contribution in [1.82, 2.24) is 9.80 Å². The van der Waals surface area contributed by atoms with Gasteiger partial charge in [0.2, 0.25) is 11.8 Å². The average molecular weight is 386 g/mol. The summed E-state index contributed by atoms with van der Waals surface area (Å²) in [7, 11) is 0. The topological polar surface area (TPSA) is 83.7 Å². The molecular formula is C20H20ClN3O3. The van der Waals surface area contributed by atoms with Crippen LogP contribution in [-0.4, -0.2) is 53.7 Å². The number of carbonyl (C=O) groups excluding carboxylic acids is 3. The molecule has 0 spiro atoms. The van der Waals surface area contributed by atoms with E-state index in [1.165, 1.54) is 6.07 Å². The summed E-state index contributed by atoms with van der Waals surface area (Å²) in [6, 6.07) is 13.6. The summed E-state index contributed by atoms with van der Waals surface area (Å²) in [5, 5.41) is 0.578. The highest BCUT2D eigenvalue weighted by Gasteiger charge is 2.25. The first-order valence-electron chi connectivity index (χ1n) is 8.66. The maximum absolute atomic E-state index is 12.6. The highest BCUT2D eigenvalue weighted by molar-refractivity contribution is 6.31. The van der Waals surface area contributed by atoms with Crippen molar-refractivity contribution in [3.05, 3.63) is 70.2 Å². The van der Waals surface area contributed by atoms with Crippen LogP contribution in [-0.2, 0) is 11.2 Å². The summed E-state index contributed by atoms with van der Waals surface area (Å²) in [4.78, 5) is 39.8. The van der Waals surface area contributed by atoms with Crippen molar-refractivity contribution in [3.8, 4) is 0 Å². The summed E-state index contributed by atoms with van der Waals surface area (Å²) in [6.07, 6.45) is 0.244. The predicted octanol–water partition coefficient (Wildman–Crippen LogP) is 1.97. The number of hydrogen-bond donors (Lipinski definition) is 1. The Morgan fingerprint density at radius 1 is 0.889 bits per heavy atom. The Morgan fingerprint density at radius 2 is 1.52 bits per heavy atom. The number of hydrogen-bond acceptors (Lipinski definition) is 3. The van der Waals surface area contributed by atoms with Crippen molar-refractivity contribution in [3.63, 3.8) is 0 Å². The third-order valence-electron chi connectivity index (χ3n) is 4.61. The van der Waals surface area contributed by atoms with E-state index in [2.05, 4.69) is 0 Å². The zero-order valence-electron chi connectivity index (χ0n) is 14.7. The SMILES string of the molecule is NC(=O)c1cccc(C(=O)N2CCN(C(=O)Cc3ccccc3Cl)CC2)c1. The van der Waals surface area contributed by atoms with E-state index in [0.717, 1.165) is 5.56 Å². The van der Waals surface area contributed by atoms with E-state index in [9.17, 15) is 14.4 Å². The molecule has 6 nitrogen and oxygen atoms in total. The fourth-order valence-corrected chi connectivity index (χ4v) is 3.27. The molecule has 2 N–H and O–H groups in total. The van der Waals surface area contributed by atoms with E-state index >= 15 is 0 Å². The van der Waals surface area contributed by atoms with Gasteiger partial charge in [0, 0.05) is 42.3 Å². The van der Waals surface area contributed by atoms with Crippen LogP contribution in [0.1, 0.15) is 26.3 Å². The standard InChI is InChI=1S/C20H20ClN3O3/c21-17-7-2-1-4-14(17)13-18(25)23-8-10-24(11-9-23)20(27)16-6-3-5-15(12-16)19(22)26/h1-7,12H,8-11,13H2,(H2,22,26). The fraction of sp³-hybridized carbons (Fsp3) is 0.250. The van der Waals surface area contributed by atoms with Crippen molar-refractivity contribution in [1.29, 1.82) is 0 Å². The van der Waals surface area contributed by atoms with Crippen LogP contribution in [0.5, 0.6) is 0 Å². The molecule has 0 unspecified atom stereocenters. The van der Waals surface area contributed by atoms with E-state index in [1.54, 1.807) is 34.1 Å². The second kappa shape index (κ2) is 8.22. The van der Waals surface area contributed by atoms with Crippen LogP contribution in [0.2, 0.25) is 5.02 Å². The Morgan fingerprint density at radius 3 is 2.19 bits per heavy atom. The molecule has 0 atom stereocenters. The van der Waals surface area contributed by atoms with Crippen molar-refractivity contribution in [2.24, 2.45) is 5.73 Å². The van der Waals surface area contributed by atoms with Crippen LogP contribution in [0.25, 0.3) is 0 Å². The molecule has 3 rings (SSSR count). The minimum atomic E-state index is -0.570. The van der Waals surface area contributed by atoms with Crippen molar-refractivity contribution in [2.45, 2.75) is 6.42 Å². The zero-order chi connectivity index (χ0) is 19.4. The molecule has 0 radical (unpaired) electrons.